The van der Waals surface area contributed by atoms with Gasteiger partial charge in [0.25, 0.3) is 5.91 Å². The van der Waals surface area contributed by atoms with Crippen LogP contribution in [0.3, 0.4) is 0 Å². The van der Waals surface area contributed by atoms with Crippen molar-refractivity contribution < 1.29 is 9.59 Å². The molecular weight excluding hydrogens is 340 g/mol. The molecule has 2 N–H and O–H groups in total. The summed E-state index contributed by atoms with van der Waals surface area (Å²) in [6.45, 7) is 6.05. The highest BCUT2D eigenvalue weighted by Gasteiger charge is 2.20. The Bertz CT molecular complexity index is 796. The van der Waals surface area contributed by atoms with Crippen LogP contribution in [-0.2, 0) is 4.79 Å². The summed E-state index contributed by atoms with van der Waals surface area (Å²) in [5.74, 6) is -0.175. The van der Waals surface area contributed by atoms with Gasteiger partial charge < -0.3 is 15.5 Å². The Morgan fingerprint density at radius 2 is 1.63 bits per heavy atom. The number of amides is 2. The lowest BCUT2D eigenvalue weighted by molar-refractivity contribution is -0.117. The normalized spacial score (nSPS) is 14.7. The van der Waals surface area contributed by atoms with Gasteiger partial charge in [-0.25, -0.2) is 0 Å². The molecule has 0 aromatic heterocycles. The molecule has 2 amide bonds. The number of nitrogens with zero attached hydrogens (tertiary/aromatic N) is 2. The molecule has 0 spiro atoms. The Kier molecular flexibility index (Phi) is 6.08. The lowest BCUT2D eigenvalue weighted by atomic mass is 10.1. The molecule has 1 aliphatic heterocycles. The van der Waals surface area contributed by atoms with Crippen LogP contribution in [0.4, 0.5) is 11.4 Å². The molecule has 1 fully saturated rings. The average Bonchev–Trinajstić information content (AvgIpc) is 2.69. The maximum atomic E-state index is 12.3. The van der Waals surface area contributed by atoms with Crippen molar-refractivity contribution in [2.45, 2.75) is 6.92 Å². The molecule has 0 unspecified atom stereocenters. The zero-order chi connectivity index (χ0) is 19.2. The smallest absolute Gasteiger partial charge is 0.251 e. The van der Waals surface area contributed by atoms with Gasteiger partial charge in [-0.05, 0) is 42.8 Å². The predicted octanol–water partition coefficient (Wildman–Crippen LogP) is 2.12. The number of hydrogen-bond donors (Lipinski definition) is 2. The molecule has 0 bridgehead atoms. The van der Waals surface area contributed by atoms with Crippen LogP contribution in [0.5, 0.6) is 0 Å². The molecule has 0 atom stereocenters. The van der Waals surface area contributed by atoms with E-state index in [2.05, 4.69) is 51.6 Å². The number of piperazine rings is 1. The molecule has 2 aromatic rings. The summed E-state index contributed by atoms with van der Waals surface area (Å²) in [6.07, 6.45) is 0. The van der Waals surface area contributed by atoms with Crippen LogP contribution in [0.15, 0.2) is 48.5 Å². The second-order valence-corrected chi connectivity index (χ2v) is 6.75. The molecule has 1 saturated heterocycles. The number of nitrogens with one attached hydrogen (secondary N) is 2. The van der Waals surface area contributed by atoms with E-state index < -0.39 is 0 Å². The number of rotatable bonds is 5. The van der Waals surface area contributed by atoms with E-state index in [4.69, 9.17) is 0 Å². The Morgan fingerprint density at radius 3 is 2.26 bits per heavy atom. The molecule has 6 nitrogen and oxygen atoms in total. The van der Waals surface area contributed by atoms with Gasteiger partial charge >= 0.3 is 0 Å². The zero-order valence-corrected chi connectivity index (χ0v) is 15.9. The number of aryl methyl sites for hydroxylation is 1. The minimum absolute atomic E-state index is 0.0352. The second-order valence-electron chi connectivity index (χ2n) is 6.75. The van der Waals surface area contributed by atoms with Crippen LogP contribution in [0.25, 0.3) is 0 Å². The van der Waals surface area contributed by atoms with Gasteiger partial charge in [-0.1, -0.05) is 18.2 Å². The third-order valence-electron chi connectivity index (χ3n) is 4.85. The molecular formula is C21H26N4O2. The van der Waals surface area contributed by atoms with Crippen LogP contribution < -0.4 is 15.5 Å². The SMILES string of the molecule is CNC(=O)c1ccc(NC(=O)CN2CCN(c3ccccc3C)CC2)cc1. The Hall–Kier alpha value is -2.86. The molecule has 142 valence electrons. The maximum absolute atomic E-state index is 12.3. The van der Waals surface area contributed by atoms with E-state index in [1.807, 2.05) is 0 Å². The number of carbonyl (C=O) groups is 2. The fourth-order valence-corrected chi connectivity index (χ4v) is 3.32. The average molecular weight is 366 g/mol. The van der Waals surface area contributed by atoms with Gasteiger partial charge in [0.1, 0.15) is 0 Å². The van der Waals surface area contributed by atoms with E-state index in [1.54, 1.807) is 31.3 Å². The zero-order valence-electron chi connectivity index (χ0n) is 15.9. The topological polar surface area (TPSA) is 64.7 Å². The van der Waals surface area contributed by atoms with E-state index in [9.17, 15) is 9.59 Å². The van der Waals surface area contributed by atoms with E-state index in [0.717, 1.165) is 26.2 Å². The van der Waals surface area contributed by atoms with Crippen molar-refractivity contribution in [3.8, 4) is 0 Å². The maximum Gasteiger partial charge on any atom is 0.251 e. The fraction of sp³-hybridized carbons (Fsp3) is 0.333. The molecule has 1 aliphatic rings. The summed E-state index contributed by atoms with van der Waals surface area (Å²) < 4.78 is 0. The first-order chi connectivity index (χ1) is 13.1. The van der Waals surface area contributed by atoms with Crippen molar-refractivity contribution >= 4 is 23.2 Å². The summed E-state index contributed by atoms with van der Waals surface area (Å²) in [7, 11) is 1.59. The molecule has 2 aromatic carbocycles. The summed E-state index contributed by atoms with van der Waals surface area (Å²) in [6, 6.07) is 15.3. The van der Waals surface area contributed by atoms with Gasteiger partial charge in [0.05, 0.1) is 6.54 Å². The first-order valence-electron chi connectivity index (χ1n) is 9.22. The predicted molar refractivity (Wildman–Crippen MR) is 108 cm³/mol. The Morgan fingerprint density at radius 1 is 0.963 bits per heavy atom. The number of benzene rings is 2. The molecule has 3 rings (SSSR count). The van der Waals surface area contributed by atoms with Gasteiger partial charge in [-0.15, -0.1) is 0 Å². The fourth-order valence-electron chi connectivity index (χ4n) is 3.32. The van der Waals surface area contributed by atoms with Gasteiger partial charge in [0.2, 0.25) is 5.91 Å². The highest BCUT2D eigenvalue weighted by atomic mass is 16.2. The quantitative estimate of drug-likeness (QED) is 0.851. The number of para-hydroxylation sites is 1. The summed E-state index contributed by atoms with van der Waals surface area (Å²) in [5.41, 5.74) is 3.83. The van der Waals surface area contributed by atoms with Crippen LogP contribution in [-0.4, -0.2) is 56.5 Å². The van der Waals surface area contributed by atoms with Crippen molar-refractivity contribution in [2.75, 3.05) is 50.0 Å². The van der Waals surface area contributed by atoms with Crippen molar-refractivity contribution in [1.29, 1.82) is 0 Å². The summed E-state index contributed by atoms with van der Waals surface area (Å²) in [5, 5.41) is 5.48. The van der Waals surface area contributed by atoms with E-state index in [0.29, 0.717) is 17.8 Å². The third-order valence-corrected chi connectivity index (χ3v) is 4.85. The van der Waals surface area contributed by atoms with Crippen molar-refractivity contribution in [2.24, 2.45) is 0 Å². The summed E-state index contributed by atoms with van der Waals surface area (Å²) >= 11 is 0. The Balaban J connectivity index is 1.48. The number of hydrogen-bond acceptors (Lipinski definition) is 4. The number of anilines is 2. The Labute approximate surface area is 160 Å². The van der Waals surface area contributed by atoms with Crippen LogP contribution in [0, 0.1) is 6.92 Å². The standard InChI is InChI=1S/C21H26N4O2/c1-16-5-3-4-6-19(16)25-13-11-24(12-14-25)15-20(26)23-18-9-7-17(8-10-18)21(27)22-2/h3-10H,11-15H2,1-2H3,(H,22,27)(H,23,26). The van der Waals surface area contributed by atoms with Crippen molar-refractivity contribution in [3.05, 3.63) is 59.7 Å². The second kappa shape index (κ2) is 8.68. The first-order valence-corrected chi connectivity index (χ1v) is 9.22. The van der Waals surface area contributed by atoms with E-state index in [1.165, 1.54) is 11.3 Å². The molecule has 0 saturated carbocycles. The first kappa shape index (κ1) is 18.9. The van der Waals surface area contributed by atoms with Crippen LogP contribution in [0.1, 0.15) is 15.9 Å². The van der Waals surface area contributed by atoms with Gasteiger partial charge in [-0.2, -0.15) is 0 Å². The van der Waals surface area contributed by atoms with Crippen LogP contribution in [0.2, 0.25) is 0 Å². The van der Waals surface area contributed by atoms with Gasteiger partial charge in [0, 0.05) is 50.2 Å². The molecule has 0 aliphatic carbocycles. The van der Waals surface area contributed by atoms with E-state index >= 15 is 0 Å². The lowest BCUT2D eigenvalue weighted by Crippen LogP contribution is -2.48. The minimum Gasteiger partial charge on any atom is -0.369 e. The third kappa shape index (κ3) is 4.86. The molecule has 6 heteroatoms. The largest absolute Gasteiger partial charge is 0.369 e. The van der Waals surface area contributed by atoms with Gasteiger partial charge in [-0.3, -0.25) is 14.5 Å². The highest BCUT2D eigenvalue weighted by Crippen LogP contribution is 2.20. The molecule has 27 heavy (non-hydrogen) atoms. The van der Waals surface area contributed by atoms with Crippen molar-refractivity contribution in [3.63, 3.8) is 0 Å². The van der Waals surface area contributed by atoms with Crippen LogP contribution >= 0.6 is 0 Å². The molecule has 0 radical (unpaired) electrons. The van der Waals surface area contributed by atoms with E-state index in [-0.39, 0.29) is 11.8 Å². The highest BCUT2D eigenvalue weighted by molar-refractivity contribution is 5.96. The molecule has 1 heterocycles. The van der Waals surface area contributed by atoms with Crippen molar-refractivity contribution in [1.82, 2.24) is 10.2 Å². The lowest BCUT2D eigenvalue weighted by Gasteiger charge is -2.36. The monoisotopic (exact) mass is 366 g/mol. The number of carbonyl (C=O) groups excluding carboxylic acids is 2. The minimum atomic E-state index is -0.139. The van der Waals surface area contributed by atoms with Gasteiger partial charge in [0.15, 0.2) is 0 Å². The summed E-state index contributed by atoms with van der Waals surface area (Å²) in [4.78, 5) is 28.4.